The van der Waals surface area contributed by atoms with E-state index in [-0.39, 0.29) is 11.9 Å². The van der Waals surface area contributed by atoms with Crippen LogP contribution in [-0.4, -0.2) is 56.2 Å². The number of primary amides is 1. The van der Waals surface area contributed by atoms with Crippen molar-refractivity contribution in [3.05, 3.63) is 0 Å². The summed E-state index contributed by atoms with van der Waals surface area (Å²) in [4.78, 5) is 13.3. The number of nitrogens with two attached hydrogens (primary N) is 1. The second-order valence-corrected chi connectivity index (χ2v) is 4.36. The zero-order chi connectivity index (χ0) is 12.0. The lowest BCUT2D eigenvalue weighted by atomic mass is 10.2. The van der Waals surface area contributed by atoms with Gasteiger partial charge >= 0.3 is 0 Å². The average molecular weight is 229 g/mol. The zero-order valence-corrected chi connectivity index (χ0v) is 10.2. The van der Waals surface area contributed by atoms with Gasteiger partial charge in [0.1, 0.15) is 0 Å². The van der Waals surface area contributed by atoms with Crippen LogP contribution < -0.4 is 11.1 Å². The summed E-state index contributed by atoms with van der Waals surface area (Å²) in [6, 6.07) is 0.260. The Labute approximate surface area is 97.3 Å². The third kappa shape index (κ3) is 4.08. The van der Waals surface area contributed by atoms with Crippen LogP contribution in [0, 0.1) is 0 Å². The Morgan fingerprint density at radius 2 is 2.44 bits per heavy atom. The molecule has 0 aliphatic carbocycles. The first kappa shape index (κ1) is 13.4. The Morgan fingerprint density at radius 3 is 2.94 bits per heavy atom. The molecule has 1 fully saturated rings. The number of carbonyl (C=O) groups excluding carboxylic acids is 1. The van der Waals surface area contributed by atoms with Crippen molar-refractivity contribution in [2.75, 3.05) is 33.4 Å². The summed E-state index contributed by atoms with van der Waals surface area (Å²) < 4.78 is 5.05. The minimum Gasteiger partial charge on any atom is -0.383 e. The minimum absolute atomic E-state index is 0.224. The maximum Gasteiger partial charge on any atom is 0.234 e. The summed E-state index contributed by atoms with van der Waals surface area (Å²) in [5.74, 6) is -0.269. The van der Waals surface area contributed by atoms with Crippen LogP contribution >= 0.6 is 0 Å². The predicted molar refractivity (Wildman–Crippen MR) is 63.1 cm³/mol. The first-order valence-corrected chi connectivity index (χ1v) is 5.91. The monoisotopic (exact) mass is 229 g/mol. The van der Waals surface area contributed by atoms with Gasteiger partial charge in [-0.15, -0.1) is 0 Å². The molecule has 1 aliphatic heterocycles. The molecule has 0 aromatic heterocycles. The van der Waals surface area contributed by atoms with Crippen LogP contribution in [0.4, 0.5) is 0 Å². The van der Waals surface area contributed by atoms with E-state index in [2.05, 4.69) is 10.2 Å². The number of ether oxygens (including phenoxy) is 1. The van der Waals surface area contributed by atoms with Crippen LogP contribution in [0.1, 0.15) is 19.8 Å². The lowest BCUT2D eigenvalue weighted by Gasteiger charge is -2.29. The molecule has 2 unspecified atom stereocenters. The lowest BCUT2D eigenvalue weighted by Crippen LogP contribution is -2.48. The van der Waals surface area contributed by atoms with E-state index in [4.69, 9.17) is 10.5 Å². The van der Waals surface area contributed by atoms with Gasteiger partial charge in [-0.1, -0.05) is 0 Å². The first-order valence-electron chi connectivity index (χ1n) is 5.91. The third-order valence-electron chi connectivity index (χ3n) is 3.16. The molecule has 3 N–H and O–H groups in total. The normalized spacial score (nSPS) is 22.6. The molecule has 0 spiro atoms. The van der Waals surface area contributed by atoms with Crippen molar-refractivity contribution in [1.29, 1.82) is 0 Å². The number of nitrogens with one attached hydrogen (secondary N) is 1. The third-order valence-corrected chi connectivity index (χ3v) is 3.16. The molecular formula is C11H23N3O2. The van der Waals surface area contributed by atoms with Gasteiger partial charge < -0.3 is 15.8 Å². The predicted octanol–water partition coefficient (Wildman–Crippen LogP) is -0.439. The van der Waals surface area contributed by atoms with E-state index in [1.165, 1.54) is 12.8 Å². The molecule has 2 atom stereocenters. The fourth-order valence-corrected chi connectivity index (χ4v) is 2.03. The molecule has 0 radical (unpaired) electrons. The van der Waals surface area contributed by atoms with E-state index in [1.807, 2.05) is 6.92 Å². The molecule has 5 heteroatoms. The van der Waals surface area contributed by atoms with Crippen molar-refractivity contribution >= 4 is 5.91 Å². The van der Waals surface area contributed by atoms with E-state index in [0.717, 1.165) is 19.6 Å². The van der Waals surface area contributed by atoms with E-state index in [9.17, 15) is 4.79 Å². The highest BCUT2D eigenvalue weighted by molar-refractivity contribution is 5.79. The van der Waals surface area contributed by atoms with Gasteiger partial charge in [-0.25, -0.2) is 0 Å². The van der Waals surface area contributed by atoms with Crippen LogP contribution in [0.15, 0.2) is 0 Å². The quantitative estimate of drug-likeness (QED) is 0.621. The standard InChI is InChI=1S/C11H23N3O2/c1-9(11(12)15)14(6-7-16-2)8-10-4-3-5-13-10/h9-10,13H,3-8H2,1-2H3,(H2,12,15). The summed E-state index contributed by atoms with van der Waals surface area (Å²) >= 11 is 0. The second kappa shape index (κ2) is 6.83. The Bertz CT molecular complexity index is 217. The van der Waals surface area contributed by atoms with Crippen molar-refractivity contribution < 1.29 is 9.53 Å². The molecular weight excluding hydrogens is 206 g/mol. The smallest absolute Gasteiger partial charge is 0.234 e. The maximum atomic E-state index is 11.2. The molecule has 0 bridgehead atoms. The van der Waals surface area contributed by atoms with Gasteiger partial charge in [0.2, 0.25) is 5.91 Å². The van der Waals surface area contributed by atoms with E-state index in [1.54, 1.807) is 7.11 Å². The van der Waals surface area contributed by atoms with Crippen LogP contribution in [0.3, 0.4) is 0 Å². The molecule has 5 nitrogen and oxygen atoms in total. The lowest BCUT2D eigenvalue weighted by molar-refractivity contribution is -0.123. The number of hydrogen-bond donors (Lipinski definition) is 2. The zero-order valence-electron chi connectivity index (χ0n) is 10.2. The van der Waals surface area contributed by atoms with Crippen LogP contribution in [0.2, 0.25) is 0 Å². The summed E-state index contributed by atoms with van der Waals surface area (Å²) in [6.45, 7) is 5.18. The molecule has 94 valence electrons. The number of hydrogen-bond acceptors (Lipinski definition) is 4. The average Bonchev–Trinajstić information content (AvgIpc) is 2.75. The number of rotatable bonds is 7. The molecule has 1 rings (SSSR count). The first-order chi connectivity index (χ1) is 7.65. The largest absolute Gasteiger partial charge is 0.383 e. The molecule has 0 saturated carbocycles. The molecule has 16 heavy (non-hydrogen) atoms. The second-order valence-electron chi connectivity index (χ2n) is 4.36. The van der Waals surface area contributed by atoms with Crippen LogP contribution in [-0.2, 0) is 9.53 Å². The van der Waals surface area contributed by atoms with Gasteiger partial charge in [0.25, 0.3) is 0 Å². The number of amides is 1. The Kier molecular flexibility index (Phi) is 5.73. The highest BCUT2D eigenvalue weighted by Gasteiger charge is 2.23. The van der Waals surface area contributed by atoms with Gasteiger partial charge in [0.05, 0.1) is 12.6 Å². The summed E-state index contributed by atoms with van der Waals surface area (Å²) in [5, 5.41) is 3.42. The van der Waals surface area contributed by atoms with Crippen molar-refractivity contribution in [3.63, 3.8) is 0 Å². The maximum absolute atomic E-state index is 11.2. The Hall–Kier alpha value is -0.650. The number of methoxy groups -OCH3 is 1. The topological polar surface area (TPSA) is 67.6 Å². The molecule has 0 aromatic carbocycles. The molecule has 1 saturated heterocycles. The van der Waals surface area contributed by atoms with Gasteiger partial charge in [0, 0.05) is 26.2 Å². The van der Waals surface area contributed by atoms with E-state index in [0.29, 0.717) is 12.6 Å². The molecule has 1 amide bonds. The van der Waals surface area contributed by atoms with Gasteiger partial charge in [-0.3, -0.25) is 9.69 Å². The summed E-state index contributed by atoms with van der Waals surface area (Å²) in [5.41, 5.74) is 5.34. The fourth-order valence-electron chi connectivity index (χ4n) is 2.03. The SMILES string of the molecule is COCCN(CC1CCCN1)C(C)C(N)=O. The highest BCUT2D eigenvalue weighted by atomic mass is 16.5. The van der Waals surface area contributed by atoms with Gasteiger partial charge in [0.15, 0.2) is 0 Å². The van der Waals surface area contributed by atoms with E-state index < -0.39 is 0 Å². The van der Waals surface area contributed by atoms with Crippen LogP contribution in [0.5, 0.6) is 0 Å². The van der Waals surface area contributed by atoms with Crippen molar-refractivity contribution in [3.8, 4) is 0 Å². The molecule has 1 heterocycles. The number of carbonyl (C=O) groups is 1. The minimum atomic E-state index is -0.269. The van der Waals surface area contributed by atoms with Crippen molar-refractivity contribution in [2.24, 2.45) is 5.73 Å². The molecule has 0 aromatic rings. The Morgan fingerprint density at radius 1 is 1.69 bits per heavy atom. The van der Waals surface area contributed by atoms with Gasteiger partial charge in [-0.2, -0.15) is 0 Å². The fraction of sp³-hybridized carbons (Fsp3) is 0.909. The van der Waals surface area contributed by atoms with Crippen LogP contribution in [0.25, 0.3) is 0 Å². The van der Waals surface area contributed by atoms with E-state index >= 15 is 0 Å². The summed E-state index contributed by atoms with van der Waals surface area (Å²) in [7, 11) is 1.67. The number of nitrogens with zero attached hydrogens (tertiary/aromatic N) is 1. The van der Waals surface area contributed by atoms with Gasteiger partial charge in [-0.05, 0) is 26.3 Å². The Balaban J connectivity index is 2.44. The van der Waals surface area contributed by atoms with Crippen molar-refractivity contribution in [2.45, 2.75) is 31.8 Å². The van der Waals surface area contributed by atoms with Crippen molar-refractivity contribution in [1.82, 2.24) is 10.2 Å². The highest BCUT2D eigenvalue weighted by Crippen LogP contribution is 2.09. The molecule has 1 aliphatic rings. The summed E-state index contributed by atoms with van der Waals surface area (Å²) in [6.07, 6.45) is 2.39.